The van der Waals surface area contributed by atoms with E-state index in [0.717, 1.165) is 0 Å². The van der Waals surface area contributed by atoms with E-state index in [1.165, 1.54) is 10.7 Å². The Morgan fingerprint density at radius 1 is 1.43 bits per heavy atom. The molecule has 6 nitrogen and oxygen atoms in total. The lowest BCUT2D eigenvalue weighted by atomic mass is 10.2. The number of nitrogens with zero attached hydrogens (tertiary/aromatic N) is 3. The monoisotopic (exact) mass is 292 g/mol. The summed E-state index contributed by atoms with van der Waals surface area (Å²) in [5, 5.41) is 10.5. The number of aromatic nitrogens is 3. The molecule has 0 fully saturated rings. The number of hydrogen-bond acceptors (Lipinski definition) is 4. The molecular formula is C14H17FN4O2. The number of carbonyl (C=O) groups excluding carboxylic acids is 1. The second-order valence-corrected chi connectivity index (χ2v) is 4.57. The predicted molar refractivity (Wildman–Crippen MR) is 75.0 cm³/mol. The van der Waals surface area contributed by atoms with Gasteiger partial charge in [0.05, 0.1) is 18.0 Å². The van der Waals surface area contributed by atoms with Crippen LogP contribution in [0.25, 0.3) is 5.69 Å². The largest absolute Gasteiger partial charge is 0.383 e. The minimum Gasteiger partial charge on any atom is -0.383 e. The van der Waals surface area contributed by atoms with Gasteiger partial charge < -0.3 is 10.1 Å². The fourth-order valence-corrected chi connectivity index (χ4v) is 1.94. The molecule has 21 heavy (non-hydrogen) atoms. The van der Waals surface area contributed by atoms with Gasteiger partial charge in [-0.1, -0.05) is 11.3 Å². The van der Waals surface area contributed by atoms with Crippen LogP contribution in [0.5, 0.6) is 0 Å². The highest BCUT2D eigenvalue weighted by Crippen LogP contribution is 2.18. The van der Waals surface area contributed by atoms with E-state index in [4.69, 9.17) is 4.74 Å². The first-order chi connectivity index (χ1) is 10.1. The van der Waals surface area contributed by atoms with Gasteiger partial charge in [0.25, 0.3) is 5.91 Å². The van der Waals surface area contributed by atoms with Gasteiger partial charge in [-0.25, -0.2) is 9.07 Å². The van der Waals surface area contributed by atoms with Crippen molar-refractivity contribution < 1.29 is 13.9 Å². The summed E-state index contributed by atoms with van der Waals surface area (Å²) in [7, 11) is 1.56. The Labute approximate surface area is 121 Å². The molecule has 1 aromatic carbocycles. The summed E-state index contributed by atoms with van der Waals surface area (Å²) >= 11 is 0. The molecule has 0 spiro atoms. The fraction of sp³-hybridized carbons (Fsp3) is 0.357. The van der Waals surface area contributed by atoms with Crippen LogP contribution >= 0.6 is 0 Å². The summed E-state index contributed by atoms with van der Waals surface area (Å²) < 4.78 is 19.9. The van der Waals surface area contributed by atoms with Crippen LogP contribution in [-0.4, -0.2) is 41.2 Å². The zero-order valence-corrected chi connectivity index (χ0v) is 12.2. The average Bonchev–Trinajstić information content (AvgIpc) is 2.84. The molecule has 0 aliphatic rings. The third-order valence-corrected chi connectivity index (χ3v) is 3.17. The lowest BCUT2D eigenvalue weighted by Gasteiger charge is -2.08. The topological polar surface area (TPSA) is 69.0 Å². The Hall–Kier alpha value is -2.28. The second-order valence-electron chi connectivity index (χ2n) is 4.57. The first-order valence-corrected chi connectivity index (χ1v) is 6.51. The maximum Gasteiger partial charge on any atom is 0.273 e. The molecule has 112 valence electrons. The molecule has 2 aromatic rings. The summed E-state index contributed by atoms with van der Waals surface area (Å²) in [5.74, 6) is -0.654. The number of carbonyl (C=O) groups is 1. The molecule has 0 bridgehead atoms. The summed E-state index contributed by atoms with van der Waals surface area (Å²) in [5.41, 5.74) is 1.79. The Morgan fingerprint density at radius 3 is 2.90 bits per heavy atom. The molecule has 7 heteroatoms. The van der Waals surface area contributed by atoms with E-state index in [9.17, 15) is 9.18 Å². The highest BCUT2D eigenvalue weighted by molar-refractivity contribution is 5.93. The Bertz CT molecular complexity index is 654. The van der Waals surface area contributed by atoms with Crippen molar-refractivity contribution in [3.05, 3.63) is 41.0 Å². The van der Waals surface area contributed by atoms with Gasteiger partial charge >= 0.3 is 0 Å². The predicted octanol–water partition coefficient (Wildman–Crippen LogP) is 1.40. The van der Waals surface area contributed by atoms with Crippen molar-refractivity contribution >= 4 is 5.91 Å². The van der Waals surface area contributed by atoms with Crippen LogP contribution < -0.4 is 5.32 Å². The number of nitrogens with one attached hydrogen (secondary N) is 1. The zero-order valence-electron chi connectivity index (χ0n) is 12.2. The van der Waals surface area contributed by atoms with Gasteiger partial charge in [0, 0.05) is 19.2 Å². The molecule has 0 aliphatic carbocycles. The maximum absolute atomic E-state index is 13.6. The summed E-state index contributed by atoms with van der Waals surface area (Å²) in [6.45, 7) is 4.18. The third kappa shape index (κ3) is 3.08. The summed E-state index contributed by atoms with van der Waals surface area (Å²) in [6, 6.07) is 4.70. The van der Waals surface area contributed by atoms with Crippen molar-refractivity contribution in [2.75, 3.05) is 20.3 Å². The van der Waals surface area contributed by atoms with Gasteiger partial charge in [-0.2, -0.15) is 0 Å². The fourth-order valence-electron chi connectivity index (χ4n) is 1.94. The molecule has 0 saturated heterocycles. The number of ether oxygens (including phenoxy) is 1. The van der Waals surface area contributed by atoms with Crippen molar-refractivity contribution in [2.45, 2.75) is 13.8 Å². The van der Waals surface area contributed by atoms with E-state index in [1.807, 2.05) is 0 Å². The molecule has 0 unspecified atom stereocenters. The van der Waals surface area contributed by atoms with Crippen LogP contribution in [0.1, 0.15) is 21.7 Å². The highest BCUT2D eigenvalue weighted by atomic mass is 19.1. The molecule has 2 rings (SSSR count). The molecule has 0 aliphatic heterocycles. The van der Waals surface area contributed by atoms with Gasteiger partial charge in [-0.3, -0.25) is 4.79 Å². The van der Waals surface area contributed by atoms with Gasteiger partial charge in [-0.05, 0) is 26.0 Å². The molecule has 0 saturated carbocycles. The summed E-state index contributed by atoms with van der Waals surface area (Å²) in [6.07, 6.45) is 0. The van der Waals surface area contributed by atoms with Gasteiger partial charge in [-0.15, -0.1) is 5.10 Å². The minimum atomic E-state index is -0.329. The number of benzene rings is 1. The molecule has 1 heterocycles. The number of hydrogen-bond donors (Lipinski definition) is 1. The lowest BCUT2D eigenvalue weighted by Crippen LogP contribution is -2.27. The standard InChI is InChI=1S/C14H17FN4O2/c1-9-11(15)5-4-6-12(9)19-10(2)13(17-18-19)14(20)16-7-8-21-3/h4-6H,7-8H2,1-3H3,(H,16,20). The van der Waals surface area contributed by atoms with Crippen LogP contribution in [0.15, 0.2) is 18.2 Å². The van der Waals surface area contributed by atoms with Crippen molar-refractivity contribution in [2.24, 2.45) is 0 Å². The van der Waals surface area contributed by atoms with Crippen LogP contribution in [0.3, 0.4) is 0 Å². The lowest BCUT2D eigenvalue weighted by molar-refractivity contribution is 0.0931. The van der Waals surface area contributed by atoms with Gasteiger partial charge in [0.15, 0.2) is 5.69 Å². The van der Waals surface area contributed by atoms with E-state index in [1.54, 1.807) is 33.1 Å². The maximum atomic E-state index is 13.6. The zero-order chi connectivity index (χ0) is 15.4. The second kappa shape index (κ2) is 6.45. The van der Waals surface area contributed by atoms with Crippen LogP contribution in [0.4, 0.5) is 4.39 Å². The van der Waals surface area contributed by atoms with E-state index >= 15 is 0 Å². The Balaban J connectivity index is 2.28. The summed E-state index contributed by atoms with van der Waals surface area (Å²) in [4.78, 5) is 12.0. The van der Waals surface area contributed by atoms with Crippen molar-refractivity contribution in [1.82, 2.24) is 20.3 Å². The molecule has 0 radical (unpaired) electrons. The number of halogens is 1. The first kappa shape index (κ1) is 15.1. The van der Waals surface area contributed by atoms with E-state index in [2.05, 4.69) is 15.6 Å². The minimum absolute atomic E-state index is 0.217. The number of rotatable bonds is 5. The van der Waals surface area contributed by atoms with Crippen LogP contribution in [0, 0.1) is 19.7 Å². The quantitative estimate of drug-likeness (QED) is 0.846. The number of amides is 1. The van der Waals surface area contributed by atoms with Crippen molar-refractivity contribution in [3.8, 4) is 5.69 Å². The van der Waals surface area contributed by atoms with Crippen LogP contribution in [0.2, 0.25) is 0 Å². The van der Waals surface area contributed by atoms with Crippen molar-refractivity contribution in [1.29, 1.82) is 0 Å². The molecule has 1 amide bonds. The molecule has 1 N–H and O–H groups in total. The molecule has 1 aromatic heterocycles. The Morgan fingerprint density at radius 2 is 2.19 bits per heavy atom. The first-order valence-electron chi connectivity index (χ1n) is 6.51. The number of methoxy groups -OCH3 is 1. The smallest absolute Gasteiger partial charge is 0.273 e. The van der Waals surface area contributed by atoms with E-state index < -0.39 is 0 Å². The molecule has 0 atom stereocenters. The molecular weight excluding hydrogens is 275 g/mol. The Kier molecular flexibility index (Phi) is 4.64. The normalized spacial score (nSPS) is 10.7. The SMILES string of the molecule is COCCNC(=O)c1nnn(-c2cccc(F)c2C)c1C. The highest BCUT2D eigenvalue weighted by Gasteiger charge is 2.18. The van der Waals surface area contributed by atoms with Crippen LogP contribution in [-0.2, 0) is 4.74 Å². The average molecular weight is 292 g/mol. The van der Waals surface area contributed by atoms with Gasteiger partial charge in [0.1, 0.15) is 5.82 Å². The van der Waals surface area contributed by atoms with Crippen molar-refractivity contribution in [3.63, 3.8) is 0 Å². The third-order valence-electron chi connectivity index (χ3n) is 3.17. The van der Waals surface area contributed by atoms with E-state index in [-0.39, 0.29) is 17.4 Å². The van der Waals surface area contributed by atoms with E-state index in [0.29, 0.717) is 30.1 Å². The van der Waals surface area contributed by atoms with Gasteiger partial charge in [0.2, 0.25) is 0 Å².